The van der Waals surface area contributed by atoms with Crippen molar-refractivity contribution in [3.63, 3.8) is 0 Å². The first kappa shape index (κ1) is 19.1. The number of aromatic amines is 1. The highest BCUT2D eigenvalue weighted by molar-refractivity contribution is 6.06. The molecule has 2 aromatic rings. The monoisotopic (exact) mass is 363 g/mol. The molecule has 1 unspecified atom stereocenters. The summed E-state index contributed by atoms with van der Waals surface area (Å²) in [5.41, 5.74) is -1.89. The number of aliphatic carboxylic acids is 1. The summed E-state index contributed by atoms with van der Waals surface area (Å²) in [6, 6.07) is 4.72. The van der Waals surface area contributed by atoms with Crippen LogP contribution in [0.2, 0.25) is 0 Å². The van der Waals surface area contributed by atoms with E-state index in [2.05, 4.69) is 10.3 Å². The van der Waals surface area contributed by atoms with Gasteiger partial charge in [-0.3, -0.25) is 24.5 Å². The van der Waals surface area contributed by atoms with Crippen molar-refractivity contribution < 1.29 is 24.4 Å². The molecule has 138 valence electrons. The number of hydrogen-bond acceptors (Lipinski definition) is 6. The van der Waals surface area contributed by atoms with Gasteiger partial charge in [0.25, 0.3) is 11.6 Å². The van der Waals surface area contributed by atoms with E-state index < -0.39 is 34.3 Å². The number of aromatic nitrogens is 1. The zero-order valence-electron chi connectivity index (χ0n) is 14.1. The van der Waals surface area contributed by atoms with Crippen LogP contribution in [0.4, 0.5) is 5.69 Å². The van der Waals surface area contributed by atoms with E-state index in [0.717, 1.165) is 6.07 Å². The Morgan fingerprint density at radius 3 is 2.65 bits per heavy atom. The molecule has 10 nitrogen and oxygen atoms in total. The number of carboxylic acids is 1. The quantitative estimate of drug-likeness (QED) is 0.491. The van der Waals surface area contributed by atoms with E-state index in [9.17, 15) is 24.5 Å². The number of nitrogens with zero attached hydrogens (tertiary/aromatic N) is 1. The molecule has 0 aliphatic heterocycles. The molecule has 0 saturated heterocycles. The summed E-state index contributed by atoms with van der Waals surface area (Å²) in [6.07, 6.45) is -0.409. The summed E-state index contributed by atoms with van der Waals surface area (Å²) in [7, 11) is 1.36. The second kappa shape index (κ2) is 7.31. The van der Waals surface area contributed by atoms with E-state index in [1.807, 2.05) is 0 Å². The Labute approximate surface area is 146 Å². The van der Waals surface area contributed by atoms with Crippen LogP contribution in [-0.4, -0.2) is 46.1 Å². The highest BCUT2D eigenvalue weighted by atomic mass is 16.6. The van der Waals surface area contributed by atoms with Gasteiger partial charge in [-0.25, -0.2) is 0 Å². The molecule has 0 spiro atoms. The number of pyridine rings is 1. The van der Waals surface area contributed by atoms with Gasteiger partial charge in [0.1, 0.15) is 0 Å². The van der Waals surface area contributed by atoms with Gasteiger partial charge in [0.15, 0.2) is 0 Å². The number of carbonyl (C=O) groups is 2. The topological polar surface area (TPSA) is 152 Å². The van der Waals surface area contributed by atoms with Crippen molar-refractivity contribution in [3.8, 4) is 0 Å². The lowest BCUT2D eigenvalue weighted by atomic mass is 9.97. The van der Waals surface area contributed by atoms with Crippen molar-refractivity contribution >= 4 is 28.5 Å². The summed E-state index contributed by atoms with van der Waals surface area (Å²) in [5, 5.41) is 22.7. The number of nitro groups is 1. The molecular formula is C16H17N3O7. The Bertz CT molecular complexity index is 937. The predicted octanol–water partition coefficient (Wildman–Crippen LogP) is 1.05. The fourth-order valence-corrected chi connectivity index (χ4v) is 2.67. The van der Waals surface area contributed by atoms with Crippen LogP contribution in [0.5, 0.6) is 0 Å². The third-order valence-corrected chi connectivity index (χ3v) is 3.70. The number of non-ortho nitro benzene ring substituents is 1. The number of H-pyrrole nitrogens is 1. The van der Waals surface area contributed by atoms with Gasteiger partial charge < -0.3 is 20.1 Å². The molecule has 0 bridgehead atoms. The summed E-state index contributed by atoms with van der Waals surface area (Å²) < 4.78 is 4.97. The molecule has 0 aliphatic rings. The summed E-state index contributed by atoms with van der Waals surface area (Å²) in [5.74, 6) is -1.88. The minimum absolute atomic E-state index is 0.0771. The van der Waals surface area contributed by atoms with Crippen molar-refractivity contribution in [1.29, 1.82) is 0 Å². The number of nitro benzene ring substituents is 1. The standard InChI is InChI=1S/C16H17N3O7/c1-16(8-26-2,7-14(21)22)18-15(23)11-6-13(20)17-12-4-3-9(19(24)25)5-10(11)12/h3-6H,7-8H2,1-2H3,(H,17,20)(H,18,23)(H,21,22). The summed E-state index contributed by atoms with van der Waals surface area (Å²) in [6.45, 7) is 1.41. The van der Waals surface area contributed by atoms with Gasteiger partial charge in [0, 0.05) is 36.2 Å². The number of methoxy groups -OCH3 is 1. The van der Waals surface area contributed by atoms with Crippen LogP contribution in [0.3, 0.4) is 0 Å². The third kappa shape index (κ3) is 4.22. The lowest BCUT2D eigenvalue weighted by Crippen LogP contribution is -2.51. The number of amides is 1. The Kier molecular flexibility index (Phi) is 5.36. The smallest absolute Gasteiger partial charge is 0.305 e. The lowest BCUT2D eigenvalue weighted by molar-refractivity contribution is -0.384. The van der Waals surface area contributed by atoms with Crippen molar-refractivity contribution in [1.82, 2.24) is 10.3 Å². The maximum Gasteiger partial charge on any atom is 0.305 e. The molecular weight excluding hydrogens is 346 g/mol. The van der Waals surface area contributed by atoms with Gasteiger partial charge in [0.05, 0.1) is 29.1 Å². The van der Waals surface area contributed by atoms with Crippen molar-refractivity contribution in [3.05, 3.63) is 50.3 Å². The molecule has 0 aliphatic carbocycles. The number of nitrogens with one attached hydrogen (secondary N) is 2. The molecule has 10 heteroatoms. The minimum atomic E-state index is -1.23. The third-order valence-electron chi connectivity index (χ3n) is 3.70. The van der Waals surface area contributed by atoms with Crippen LogP contribution in [0.15, 0.2) is 29.1 Å². The lowest BCUT2D eigenvalue weighted by Gasteiger charge is -2.28. The van der Waals surface area contributed by atoms with Crippen LogP contribution in [-0.2, 0) is 9.53 Å². The Morgan fingerprint density at radius 1 is 1.38 bits per heavy atom. The average molecular weight is 363 g/mol. The summed E-state index contributed by atoms with van der Waals surface area (Å²) >= 11 is 0. The fraction of sp³-hybridized carbons (Fsp3) is 0.312. The Balaban J connectivity index is 2.51. The van der Waals surface area contributed by atoms with Gasteiger partial charge in [-0.2, -0.15) is 0 Å². The SMILES string of the molecule is COCC(C)(CC(=O)O)NC(=O)c1cc(=O)[nH]c2ccc([N+](=O)[O-])cc12. The maximum absolute atomic E-state index is 12.7. The van der Waals surface area contributed by atoms with E-state index in [4.69, 9.17) is 9.84 Å². The van der Waals surface area contributed by atoms with Crippen LogP contribution in [0, 0.1) is 10.1 Å². The highest BCUT2D eigenvalue weighted by Crippen LogP contribution is 2.22. The second-order valence-electron chi connectivity index (χ2n) is 6.05. The maximum atomic E-state index is 12.7. The molecule has 1 heterocycles. The highest BCUT2D eigenvalue weighted by Gasteiger charge is 2.30. The number of carboxylic acid groups (broad SMARTS) is 1. The van der Waals surface area contributed by atoms with E-state index in [-0.39, 0.29) is 28.8 Å². The molecule has 0 saturated carbocycles. The number of rotatable bonds is 7. The Morgan fingerprint density at radius 2 is 2.08 bits per heavy atom. The van der Waals surface area contributed by atoms with Crippen molar-refractivity contribution in [2.24, 2.45) is 0 Å². The molecule has 0 radical (unpaired) electrons. The van der Waals surface area contributed by atoms with Crippen LogP contribution in [0.1, 0.15) is 23.7 Å². The van der Waals surface area contributed by atoms with E-state index in [1.165, 1.54) is 32.2 Å². The number of carbonyl (C=O) groups excluding carboxylic acids is 1. The second-order valence-corrected chi connectivity index (χ2v) is 6.05. The van der Waals surface area contributed by atoms with Crippen molar-refractivity contribution in [2.75, 3.05) is 13.7 Å². The molecule has 2 rings (SSSR count). The van der Waals surface area contributed by atoms with Gasteiger partial charge in [-0.15, -0.1) is 0 Å². The number of hydrogen-bond donors (Lipinski definition) is 3. The average Bonchev–Trinajstić information content (AvgIpc) is 2.52. The molecule has 1 atom stereocenters. The van der Waals surface area contributed by atoms with Crippen LogP contribution in [0.25, 0.3) is 10.9 Å². The fourth-order valence-electron chi connectivity index (χ4n) is 2.67. The van der Waals surface area contributed by atoms with Gasteiger partial charge in [0.2, 0.25) is 5.56 Å². The predicted molar refractivity (Wildman–Crippen MR) is 91.2 cm³/mol. The van der Waals surface area contributed by atoms with Gasteiger partial charge in [-0.1, -0.05) is 0 Å². The minimum Gasteiger partial charge on any atom is -0.481 e. The summed E-state index contributed by atoms with van der Waals surface area (Å²) in [4.78, 5) is 48.4. The first-order valence-corrected chi connectivity index (χ1v) is 7.50. The van der Waals surface area contributed by atoms with Gasteiger partial charge >= 0.3 is 5.97 Å². The first-order chi connectivity index (χ1) is 12.1. The van der Waals surface area contributed by atoms with E-state index in [1.54, 1.807) is 0 Å². The van der Waals surface area contributed by atoms with E-state index >= 15 is 0 Å². The van der Waals surface area contributed by atoms with Crippen molar-refractivity contribution in [2.45, 2.75) is 18.9 Å². The zero-order valence-corrected chi connectivity index (χ0v) is 14.1. The van der Waals surface area contributed by atoms with E-state index in [0.29, 0.717) is 0 Å². The molecule has 26 heavy (non-hydrogen) atoms. The van der Waals surface area contributed by atoms with Crippen LogP contribution >= 0.6 is 0 Å². The van der Waals surface area contributed by atoms with Crippen LogP contribution < -0.4 is 10.9 Å². The first-order valence-electron chi connectivity index (χ1n) is 7.50. The zero-order chi connectivity index (χ0) is 19.5. The number of ether oxygens (including phenoxy) is 1. The number of benzene rings is 1. The van der Waals surface area contributed by atoms with Gasteiger partial charge in [-0.05, 0) is 13.0 Å². The molecule has 0 fully saturated rings. The largest absolute Gasteiger partial charge is 0.481 e. The molecule has 1 aromatic heterocycles. The molecule has 1 amide bonds. The molecule has 1 aromatic carbocycles. The normalized spacial score (nSPS) is 13.2. The number of fused-ring (bicyclic) bond motifs is 1. The Hall–Kier alpha value is -3.27. The molecule has 3 N–H and O–H groups in total.